The summed E-state index contributed by atoms with van der Waals surface area (Å²) in [6.07, 6.45) is 20.1. The van der Waals surface area contributed by atoms with Gasteiger partial charge in [-0.05, 0) is 136 Å². The van der Waals surface area contributed by atoms with E-state index in [1.54, 1.807) is 14.0 Å². The van der Waals surface area contributed by atoms with Crippen molar-refractivity contribution in [2.24, 2.45) is 17.8 Å². The van der Waals surface area contributed by atoms with Crippen LogP contribution in [-0.2, 0) is 9.53 Å². The van der Waals surface area contributed by atoms with Crippen molar-refractivity contribution in [3.8, 4) is 0 Å². The molecule has 0 amide bonds. The monoisotopic (exact) mass is 624 g/mol. The van der Waals surface area contributed by atoms with Gasteiger partial charge in [0.1, 0.15) is 5.78 Å². The second-order valence-corrected chi connectivity index (χ2v) is 13.9. The number of ketones is 1. The fourth-order valence-corrected chi connectivity index (χ4v) is 6.22. The van der Waals surface area contributed by atoms with Crippen molar-refractivity contribution in [2.75, 3.05) is 54.5 Å². The Morgan fingerprint density at radius 2 is 1.61 bits per heavy atom. The highest BCUT2D eigenvalue weighted by Gasteiger charge is 2.31. The van der Waals surface area contributed by atoms with E-state index in [-0.39, 0.29) is 0 Å². The minimum absolute atomic E-state index is 0.353. The number of carbonyl (C=O) groups excluding carboxylic acids is 1. The standard InChI is InChI=1S/C16H31NO.C11H23N.C7H14O.C5H13N/c1-4-6-13-17(12-5-2)16(11-10-14(3)18)15-8-7-9-15;1-5-10-6-9(2)7-11(8-10)12(3)4;1-4-7(2)5-6-8-3;1-3-4-5-6-2/h15-16H,4-13H2,1-3H3;9-11H,5-8H2,1-4H3;2,4-6H2,1,3H3;6H,3-5H2,1-2H3. The zero-order valence-corrected chi connectivity index (χ0v) is 31.9. The molecule has 1 N–H and O–H groups in total. The van der Waals surface area contributed by atoms with Gasteiger partial charge in [-0.25, -0.2) is 0 Å². The molecule has 0 saturated heterocycles. The SMILES string of the molecule is C=C(CC)CCOC.CCC1CC(C)CC(N(C)C)C1.CCCCN(CCC)C(CCC(C)=O)C1CCC1.CCCCNC. The van der Waals surface area contributed by atoms with Crippen LogP contribution >= 0.6 is 0 Å². The van der Waals surface area contributed by atoms with Gasteiger partial charge >= 0.3 is 0 Å². The van der Waals surface area contributed by atoms with Crippen molar-refractivity contribution in [1.29, 1.82) is 0 Å². The van der Waals surface area contributed by atoms with E-state index < -0.39 is 0 Å². The number of hydrogen-bond donors (Lipinski definition) is 1. The number of nitrogens with zero attached hydrogens (tertiary/aromatic N) is 2. The summed E-state index contributed by atoms with van der Waals surface area (Å²) in [5.41, 5.74) is 1.27. The lowest BCUT2D eigenvalue weighted by Crippen LogP contribution is -2.44. The summed E-state index contributed by atoms with van der Waals surface area (Å²) in [4.78, 5) is 16.3. The third kappa shape index (κ3) is 24.5. The lowest BCUT2D eigenvalue weighted by atomic mass is 9.77. The number of methoxy groups -OCH3 is 1. The van der Waals surface area contributed by atoms with Gasteiger partial charge in [0.15, 0.2) is 0 Å². The minimum Gasteiger partial charge on any atom is -0.384 e. The summed E-state index contributed by atoms with van der Waals surface area (Å²) < 4.78 is 4.85. The van der Waals surface area contributed by atoms with Crippen LogP contribution in [0.2, 0.25) is 0 Å². The van der Waals surface area contributed by atoms with Crippen LogP contribution in [0.25, 0.3) is 0 Å². The second kappa shape index (κ2) is 30.9. The number of nitrogens with one attached hydrogen (secondary N) is 1. The lowest BCUT2D eigenvalue weighted by Gasteiger charge is -2.41. The van der Waals surface area contributed by atoms with E-state index >= 15 is 0 Å². The molecule has 0 aromatic heterocycles. The zero-order chi connectivity index (χ0) is 33.8. The molecule has 264 valence electrons. The molecule has 0 aliphatic heterocycles. The van der Waals surface area contributed by atoms with Crippen LogP contribution in [0.5, 0.6) is 0 Å². The maximum Gasteiger partial charge on any atom is 0.129 e. The molecule has 5 heteroatoms. The van der Waals surface area contributed by atoms with Crippen molar-refractivity contribution < 1.29 is 9.53 Å². The number of ether oxygens (including phenoxy) is 1. The maximum atomic E-state index is 11.3. The molecule has 2 rings (SSSR count). The molecule has 0 heterocycles. The van der Waals surface area contributed by atoms with E-state index in [0.29, 0.717) is 11.8 Å². The molecule has 4 unspecified atom stereocenters. The van der Waals surface area contributed by atoms with Crippen LogP contribution in [0.1, 0.15) is 151 Å². The zero-order valence-electron chi connectivity index (χ0n) is 31.9. The van der Waals surface area contributed by atoms with Crippen LogP contribution in [0.15, 0.2) is 12.2 Å². The Kier molecular flexibility index (Phi) is 31.8. The Morgan fingerprint density at radius 1 is 0.955 bits per heavy atom. The van der Waals surface area contributed by atoms with E-state index in [1.807, 2.05) is 7.05 Å². The van der Waals surface area contributed by atoms with Gasteiger partial charge in [-0.15, -0.1) is 0 Å². The van der Waals surface area contributed by atoms with Gasteiger partial charge in [0.25, 0.3) is 0 Å². The highest BCUT2D eigenvalue weighted by Crippen LogP contribution is 2.35. The van der Waals surface area contributed by atoms with Crippen LogP contribution in [0, 0.1) is 17.8 Å². The average molecular weight is 624 g/mol. The minimum atomic E-state index is 0.353. The van der Waals surface area contributed by atoms with Crippen LogP contribution < -0.4 is 5.32 Å². The maximum absolute atomic E-state index is 11.3. The fraction of sp³-hybridized carbons (Fsp3) is 0.923. The first kappa shape index (κ1) is 45.4. The molecule has 44 heavy (non-hydrogen) atoms. The van der Waals surface area contributed by atoms with E-state index in [9.17, 15) is 4.79 Å². The van der Waals surface area contributed by atoms with Gasteiger partial charge < -0.3 is 24.6 Å². The highest BCUT2D eigenvalue weighted by atomic mass is 16.5. The highest BCUT2D eigenvalue weighted by molar-refractivity contribution is 5.75. The Bertz CT molecular complexity index is 645. The normalized spacial score (nSPS) is 20.3. The summed E-state index contributed by atoms with van der Waals surface area (Å²) in [6.45, 7) is 23.5. The summed E-state index contributed by atoms with van der Waals surface area (Å²) in [5, 5.41) is 3.07. The van der Waals surface area contributed by atoms with Crippen molar-refractivity contribution >= 4 is 5.78 Å². The number of carbonyl (C=O) groups is 1. The molecule has 2 saturated carbocycles. The molecule has 4 atom stereocenters. The van der Waals surface area contributed by atoms with Gasteiger partial charge in [0, 0.05) is 32.2 Å². The third-order valence-corrected chi connectivity index (χ3v) is 9.53. The van der Waals surface area contributed by atoms with Crippen molar-refractivity contribution in [1.82, 2.24) is 15.1 Å². The molecule has 0 aromatic rings. The molecule has 0 spiro atoms. The van der Waals surface area contributed by atoms with Crippen LogP contribution in [0.4, 0.5) is 0 Å². The van der Waals surface area contributed by atoms with Crippen molar-refractivity contribution in [3.05, 3.63) is 12.2 Å². The van der Waals surface area contributed by atoms with E-state index in [4.69, 9.17) is 4.74 Å². The molecule has 0 radical (unpaired) electrons. The van der Waals surface area contributed by atoms with Crippen molar-refractivity contribution in [3.63, 3.8) is 0 Å². The molecule has 2 aliphatic rings. The third-order valence-electron chi connectivity index (χ3n) is 9.53. The molecular weight excluding hydrogens is 542 g/mol. The second-order valence-electron chi connectivity index (χ2n) is 13.9. The van der Waals surface area contributed by atoms with Gasteiger partial charge in [0.2, 0.25) is 0 Å². The topological polar surface area (TPSA) is 44.8 Å². The van der Waals surface area contributed by atoms with Gasteiger partial charge in [-0.3, -0.25) is 0 Å². The fourth-order valence-electron chi connectivity index (χ4n) is 6.22. The van der Waals surface area contributed by atoms with E-state index in [0.717, 1.165) is 62.6 Å². The largest absolute Gasteiger partial charge is 0.384 e. The Balaban J connectivity index is 0. The van der Waals surface area contributed by atoms with Crippen LogP contribution in [-0.4, -0.2) is 82.2 Å². The number of rotatable bonds is 19. The Hall–Kier alpha value is -0.750. The molecule has 0 bridgehead atoms. The number of Topliss-reactive ketones (excluding diaryl/α,β-unsaturated/α-hetero) is 1. The lowest BCUT2D eigenvalue weighted by molar-refractivity contribution is -0.117. The predicted molar refractivity (Wildman–Crippen MR) is 197 cm³/mol. The molecule has 2 aliphatic carbocycles. The summed E-state index contributed by atoms with van der Waals surface area (Å²) in [6, 6.07) is 1.52. The first-order chi connectivity index (χ1) is 21.0. The van der Waals surface area contributed by atoms with E-state index in [2.05, 4.69) is 77.3 Å². The summed E-state index contributed by atoms with van der Waals surface area (Å²) >= 11 is 0. The van der Waals surface area contributed by atoms with Gasteiger partial charge in [0.05, 0.1) is 0 Å². The van der Waals surface area contributed by atoms with E-state index in [1.165, 1.54) is 95.7 Å². The molecule has 5 nitrogen and oxygen atoms in total. The number of hydrogen-bond acceptors (Lipinski definition) is 5. The molecular formula is C39H81N3O2. The van der Waals surface area contributed by atoms with Gasteiger partial charge in [-0.1, -0.05) is 79.4 Å². The average Bonchev–Trinajstić information content (AvgIpc) is 2.98. The quantitative estimate of drug-likeness (QED) is 0.115. The predicted octanol–water partition coefficient (Wildman–Crippen LogP) is 9.79. The Morgan fingerprint density at radius 3 is 2.02 bits per heavy atom. The van der Waals surface area contributed by atoms with Gasteiger partial charge in [-0.2, -0.15) is 0 Å². The molecule has 0 aromatic carbocycles. The first-order valence-electron chi connectivity index (χ1n) is 18.7. The van der Waals surface area contributed by atoms with Crippen molar-refractivity contribution in [2.45, 2.75) is 163 Å². The Labute approximate surface area is 277 Å². The summed E-state index contributed by atoms with van der Waals surface area (Å²) in [5.74, 6) is 3.15. The molecule has 2 fully saturated rings. The van der Waals surface area contributed by atoms with Crippen LogP contribution in [0.3, 0.4) is 0 Å². The number of unbranched alkanes of at least 4 members (excludes halogenated alkanes) is 2. The smallest absolute Gasteiger partial charge is 0.129 e. The summed E-state index contributed by atoms with van der Waals surface area (Å²) in [7, 11) is 8.13. The first-order valence-corrected chi connectivity index (χ1v) is 18.7.